The van der Waals surface area contributed by atoms with E-state index >= 15 is 0 Å². The molecule has 0 aliphatic carbocycles. The molecule has 1 aliphatic heterocycles. The van der Waals surface area contributed by atoms with Crippen LogP contribution in [0.1, 0.15) is 12.5 Å². The van der Waals surface area contributed by atoms with E-state index in [4.69, 9.17) is 21.1 Å². The van der Waals surface area contributed by atoms with Crippen LogP contribution in [0.25, 0.3) is 0 Å². The standard InChI is InChI=1S/C21H17ClN4O6S/c1-13(14-5-8-20-21(9-14)32-12-31-20)23-24-18-7-6-17(11-19(18)26(27)28)33(29,30)25-16-4-2-3-15(22)10-16/h2-11,24-25H,12H2,1H3/b23-13-. The first-order chi connectivity index (χ1) is 15.7. The Morgan fingerprint density at radius 2 is 1.88 bits per heavy atom. The molecule has 33 heavy (non-hydrogen) atoms. The number of halogens is 1. The zero-order valence-electron chi connectivity index (χ0n) is 17.1. The number of anilines is 2. The quantitative estimate of drug-likeness (QED) is 0.282. The molecule has 3 aromatic rings. The van der Waals surface area contributed by atoms with Gasteiger partial charge in [0, 0.05) is 16.7 Å². The lowest BCUT2D eigenvalue weighted by Gasteiger charge is -2.10. The van der Waals surface area contributed by atoms with Crippen LogP contribution in [0.4, 0.5) is 17.1 Å². The molecule has 0 unspecified atom stereocenters. The number of benzene rings is 3. The Kier molecular flexibility index (Phi) is 6.07. The monoisotopic (exact) mass is 488 g/mol. The maximum absolute atomic E-state index is 12.7. The smallest absolute Gasteiger partial charge is 0.295 e. The first-order valence-corrected chi connectivity index (χ1v) is 11.4. The predicted octanol–water partition coefficient (Wildman–Crippen LogP) is 4.61. The van der Waals surface area contributed by atoms with Gasteiger partial charge in [0.1, 0.15) is 5.69 Å². The van der Waals surface area contributed by atoms with Crippen molar-refractivity contribution in [1.29, 1.82) is 0 Å². The molecule has 0 saturated heterocycles. The van der Waals surface area contributed by atoms with Crippen LogP contribution in [-0.4, -0.2) is 25.8 Å². The predicted molar refractivity (Wildman–Crippen MR) is 124 cm³/mol. The topological polar surface area (TPSA) is 132 Å². The zero-order valence-corrected chi connectivity index (χ0v) is 18.7. The van der Waals surface area contributed by atoms with Crippen LogP contribution in [-0.2, 0) is 10.0 Å². The van der Waals surface area contributed by atoms with E-state index < -0.39 is 20.6 Å². The van der Waals surface area contributed by atoms with E-state index in [2.05, 4.69) is 15.2 Å². The van der Waals surface area contributed by atoms with Crippen molar-refractivity contribution in [3.8, 4) is 11.5 Å². The highest BCUT2D eigenvalue weighted by Gasteiger charge is 2.22. The van der Waals surface area contributed by atoms with Crippen LogP contribution in [0.2, 0.25) is 5.02 Å². The summed E-state index contributed by atoms with van der Waals surface area (Å²) in [7, 11) is -4.09. The fourth-order valence-electron chi connectivity index (χ4n) is 3.02. The number of fused-ring (bicyclic) bond motifs is 1. The number of rotatable bonds is 7. The molecule has 0 fully saturated rings. The summed E-state index contributed by atoms with van der Waals surface area (Å²) < 4.78 is 38.4. The summed E-state index contributed by atoms with van der Waals surface area (Å²) in [6.45, 7) is 1.85. The van der Waals surface area contributed by atoms with Crippen molar-refractivity contribution in [2.45, 2.75) is 11.8 Å². The van der Waals surface area contributed by atoms with Gasteiger partial charge >= 0.3 is 0 Å². The van der Waals surface area contributed by atoms with Crippen LogP contribution >= 0.6 is 11.6 Å². The van der Waals surface area contributed by atoms with Crippen molar-refractivity contribution in [3.05, 3.63) is 81.4 Å². The van der Waals surface area contributed by atoms with E-state index in [0.717, 1.165) is 11.6 Å². The lowest BCUT2D eigenvalue weighted by atomic mass is 10.1. The van der Waals surface area contributed by atoms with Crippen LogP contribution in [0, 0.1) is 10.1 Å². The van der Waals surface area contributed by atoms with Crippen molar-refractivity contribution in [2.24, 2.45) is 5.10 Å². The average Bonchev–Trinajstić information content (AvgIpc) is 3.25. The molecule has 1 heterocycles. The van der Waals surface area contributed by atoms with Crippen molar-refractivity contribution in [3.63, 3.8) is 0 Å². The third kappa shape index (κ3) is 4.99. The van der Waals surface area contributed by atoms with Gasteiger partial charge in [-0.25, -0.2) is 8.42 Å². The van der Waals surface area contributed by atoms with Gasteiger partial charge in [-0.15, -0.1) is 0 Å². The minimum absolute atomic E-state index is 0.0294. The van der Waals surface area contributed by atoms with Gasteiger partial charge in [-0.05, 0) is 55.5 Å². The Bertz CT molecular complexity index is 1380. The van der Waals surface area contributed by atoms with E-state index in [0.29, 0.717) is 22.2 Å². The molecule has 170 valence electrons. The summed E-state index contributed by atoms with van der Waals surface area (Å²) >= 11 is 5.88. The Hall–Kier alpha value is -3.83. The molecular weight excluding hydrogens is 472 g/mol. The summed E-state index contributed by atoms with van der Waals surface area (Å²) in [6.07, 6.45) is 0. The summed E-state index contributed by atoms with van der Waals surface area (Å²) in [5.74, 6) is 1.20. The molecule has 10 nitrogen and oxygen atoms in total. The second kappa shape index (κ2) is 8.96. The van der Waals surface area contributed by atoms with Crippen LogP contribution in [0.3, 0.4) is 0 Å². The number of ether oxygens (including phenoxy) is 2. The number of nitro groups is 1. The minimum atomic E-state index is -4.09. The molecule has 0 saturated carbocycles. The SMILES string of the molecule is C/C(=N/Nc1ccc(S(=O)(=O)Nc2cccc(Cl)c2)cc1[N+](=O)[O-])c1ccc2c(c1)OCO2. The van der Waals surface area contributed by atoms with Crippen LogP contribution in [0.15, 0.2) is 70.7 Å². The number of nitrogens with one attached hydrogen (secondary N) is 2. The molecular formula is C21H17ClN4O6S. The Labute approximate surface area is 194 Å². The third-order valence-corrected chi connectivity index (χ3v) is 6.30. The van der Waals surface area contributed by atoms with Gasteiger partial charge in [0.25, 0.3) is 15.7 Å². The van der Waals surface area contributed by atoms with Crippen LogP contribution < -0.4 is 19.6 Å². The Morgan fingerprint density at radius 3 is 2.64 bits per heavy atom. The maximum Gasteiger partial charge on any atom is 0.295 e. The normalized spacial score (nSPS) is 13.0. The lowest BCUT2D eigenvalue weighted by molar-refractivity contribution is -0.384. The molecule has 2 N–H and O–H groups in total. The molecule has 1 aliphatic rings. The Balaban J connectivity index is 1.58. The maximum atomic E-state index is 12.7. The second-order valence-electron chi connectivity index (χ2n) is 6.93. The van der Waals surface area contributed by atoms with Crippen LogP contribution in [0.5, 0.6) is 11.5 Å². The summed E-state index contributed by atoms with van der Waals surface area (Å²) in [4.78, 5) is 10.6. The number of nitrogens with zero attached hydrogens (tertiary/aromatic N) is 2. The average molecular weight is 489 g/mol. The van der Waals surface area contributed by atoms with Gasteiger partial charge in [-0.3, -0.25) is 20.3 Å². The number of hydrogen-bond donors (Lipinski definition) is 2. The van der Waals surface area contributed by atoms with Crippen molar-refractivity contribution < 1.29 is 22.8 Å². The number of hydrazone groups is 1. The zero-order chi connectivity index (χ0) is 23.6. The molecule has 0 amide bonds. The van der Waals surface area contributed by atoms with Gasteiger partial charge < -0.3 is 9.47 Å². The second-order valence-corrected chi connectivity index (χ2v) is 9.05. The number of sulfonamides is 1. The number of nitro benzene ring substituents is 1. The first-order valence-electron chi connectivity index (χ1n) is 9.50. The lowest BCUT2D eigenvalue weighted by Crippen LogP contribution is -2.13. The highest BCUT2D eigenvalue weighted by atomic mass is 35.5. The molecule has 0 spiro atoms. The summed E-state index contributed by atoms with van der Waals surface area (Å²) in [6, 6.07) is 14.9. The van der Waals surface area contributed by atoms with Gasteiger partial charge in [0.15, 0.2) is 11.5 Å². The van der Waals surface area contributed by atoms with Crippen molar-refractivity contribution >= 4 is 44.4 Å². The fourth-order valence-corrected chi connectivity index (χ4v) is 4.28. The van der Waals surface area contributed by atoms with E-state index in [-0.39, 0.29) is 23.1 Å². The highest BCUT2D eigenvalue weighted by Crippen LogP contribution is 2.33. The Morgan fingerprint density at radius 1 is 1.09 bits per heavy atom. The molecule has 0 aromatic heterocycles. The van der Waals surface area contributed by atoms with Gasteiger partial charge in [-0.2, -0.15) is 5.10 Å². The van der Waals surface area contributed by atoms with Gasteiger partial charge in [-0.1, -0.05) is 17.7 Å². The summed E-state index contributed by atoms with van der Waals surface area (Å²) in [5.41, 5.74) is 3.70. The molecule has 0 bridgehead atoms. The largest absolute Gasteiger partial charge is 0.454 e. The molecule has 3 aromatic carbocycles. The number of hydrogen-bond acceptors (Lipinski definition) is 8. The molecule has 4 rings (SSSR count). The molecule has 0 atom stereocenters. The van der Waals surface area contributed by atoms with Gasteiger partial charge in [0.2, 0.25) is 6.79 Å². The molecule has 0 radical (unpaired) electrons. The fraction of sp³-hybridized carbons (Fsp3) is 0.0952. The molecule has 12 heteroatoms. The van der Waals surface area contributed by atoms with Gasteiger partial charge in [0.05, 0.1) is 21.2 Å². The van der Waals surface area contributed by atoms with Crippen molar-refractivity contribution in [1.82, 2.24) is 0 Å². The van der Waals surface area contributed by atoms with E-state index in [1.54, 1.807) is 37.3 Å². The van der Waals surface area contributed by atoms with E-state index in [1.807, 2.05) is 0 Å². The first kappa shape index (κ1) is 22.4. The highest BCUT2D eigenvalue weighted by molar-refractivity contribution is 7.92. The third-order valence-electron chi connectivity index (χ3n) is 4.69. The summed E-state index contributed by atoms with van der Waals surface area (Å²) in [5, 5.41) is 16.1. The van der Waals surface area contributed by atoms with Crippen molar-refractivity contribution in [2.75, 3.05) is 16.9 Å². The van der Waals surface area contributed by atoms with E-state index in [9.17, 15) is 18.5 Å². The minimum Gasteiger partial charge on any atom is -0.454 e. The van der Waals surface area contributed by atoms with E-state index in [1.165, 1.54) is 24.3 Å².